The minimum absolute atomic E-state index is 0.360. The van der Waals surface area contributed by atoms with E-state index in [1.165, 1.54) is 58.4 Å². The summed E-state index contributed by atoms with van der Waals surface area (Å²) in [4.78, 5) is 5.20. The highest BCUT2D eigenvalue weighted by molar-refractivity contribution is 5.03. The maximum atomic E-state index is 9.31. The molecule has 2 rings (SSSR count). The quantitative estimate of drug-likeness (QED) is 0.780. The number of hydrogen-bond acceptors (Lipinski definition) is 4. The van der Waals surface area contributed by atoms with E-state index in [2.05, 4.69) is 28.1 Å². The number of rotatable bonds is 7. The van der Waals surface area contributed by atoms with Gasteiger partial charge in [-0.2, -0.15) is 5.26 Å². The third kappa shape index (κ3) is 5.25. The fourth-order valence-electron chi connectivity index (χ4n) is 3.68. The van der Waals surface area contributed by atoms with E-state index in [0.29, 0.717) is 0 Å². The summed E-state index contributed by atoms with van der Waals surface area (Å²) in [7, 11) is 0. The molecule has 4 nitrogen and oxygen atoms in total. The van der Waals surface area contributed by atoms with Crippen LogP contribution in [0.4, 0.5) is 0 Å². The molecule has 120 valence electrons. The smallest absolute Gasteiger partial charge is 0.105 e. The Morgan fingerprint density at radius 3 is 2.38 bits per heavy atom. The Balaban J connectivity index is 1.65. The van der Waals surface area contributed by atoms with Crippen LogP contribution in [0.15, 0.2) is 0 Å². The van der Waals surface area contributed by atoms with Gasteiger partial charge in [0.1, 0.15) is 5.54 Å². The fourth-order valence-corrected chi connectivity index (χ4v) is 3.68. The zero-order chi connectivity index (χ0) is 15.1. The monoisotopic (exact) mass is 292 g/mol. The lowest BCUT2D eigenvalue weighted by molar-refractivity contribution is 0.146. The van der Waals surface area contributed by atoms with Gasteiger partial charge < -0.3 is 9.80 Å². The molecule has 2 heterocycles. The lowest BCUT2D eigenvalue weighted by atomic mass is 9.94. The number of nitrogens with zero attached hydrogens (tertiary/aromatic N) is 3. The maximum absolute atomic E-state index is 9.31. The van der Waals surface area contributed by atoms with E-state index >= 15 is 0 Å². The second-order valence-electron chi connectivity index (χ2n) is 7.02. The van der Waals surface area contributed by atoms with Crippen LogP contribution < -0.4 is 5.32 Å². The lowest BCUT2D eigenvalue weighted by Gasteiger charge is -2.35. The Morgan fingerprint density at radius 1 is 1.14 bits per heavy atom. The summed E-state index contributed by atoms with van der Waals surface area (Å²) in [5.41, 5.74) is -0.360. The molecule has 1 N–H and O–H groups in total. The van der Waals surface area contributed by atoms with E-state index in [9.17, 15) is 5.26 Å². The lowest BCUT2D eigenvalue weighted by Crippen LogP contribution is -2.45. The van der Waals surface area contributed by atoms with Crippen LogP contribution in [0.25, 0.3) is 0 Å². The summed E-state index contributed by atoms with van der Waals surface area (Å²) >= 11 is 0. The molecular formula is C17H32N4. The van der Waals surface area contributed by atoms with Gasteiger partial charge in [0.05, 0.1) is 6.07 Å². The fraction of sp³-hybridized carbons (Fsp3) is 0.941. The van der Waals surface area contributed by atoms with Crippen molar-refractivity contribution < 1.29 is 0 Å². The van der Waals surface area contributed by atoms with Crippen molar-refractivity contribution in [2.24, 2.45) is 5.92 Å². The van der Waals surface area contributed by atoms with Gasteiger partial charge >= 0.3 is 0 Å². The Hall–Kier alpha value is -0.630. The van der Waals surface area contributed by atoms with Gasteiger partial charge in [-0.3, -0.25) is 5.32 Å². The molecule has 4 heteroatoms. The number of nitriles is 1. The molecule has 0 aromatic heterocycles. The molecule has 0 bridgehead atoms. The van der Waals surface area contributed by atoms with Gasteiger partial charge in [-0.25, -0.2) is 0 Å². The maximum Gasteiger partial charge on any atom is 0.105 e. The van der Waals surface area contributed by atoms with Gasteiger partial charge in [0.15, 0.2) is 0 Å². The summed E-state index contributed by atoms with van der Waals surface area (Å²) in [6, 6.07) is 2.43. The molecule has 1 atom stereocenters. The van der Waals surface area contributed by atoms with Crippen LogP contribution >= 0.6 is 0 Å². The van der Waals surface area contributed by atoms with Gasteiger partial charge in [0.25, 0.3) is 0 Å². The van der Waals surface area contributed by atoms with Crippen LogP contribution in [-0.2, 0) is 0 Å². The Bertz CT molecular complexity index is 337. The zero-order valence-electron chi connectivity index (χ0n) is 13.9. The van der Waals surface area contributed by atoms with Crippen molar-refractivity contribution in [1.82, 2.24) is 15.1 Å². The highest BCUT2D eigenvalue weighted by Crippen LogP contribution is 2.21. The van der Waals surface area contributed by atoms with Crippen molar-refractivity contribution in [1.29, 1.82) is 5.26 Å². The molecule has 2 aliphatic rings. The minimum Gasteiger partial charge on any atom is -0.303 e. The predicted octanol–water partition coefficient (Wildman–Crippen LogP) is 2.08. The number of likely N-dealkylation sites (tertiary alicyclic amines) is 2. The van der Waals surface area contributed by atoms with E-state index in [1.807, 2.05) is 6.92 Å². The van der Waals surface area contributed by atoms with Crippen LogP contribution in [0.1, 0.15) is 46.0 Å². The molecule has 1 unspecified atom stereocenters. The van der Waals surface area contributed by atoms with Crippen molar-refractivity contribution in [3.05, 3.63) is 0 Å². The average molecular weight is 292 g/mol. The zero-order valence-corrected chi connectivity index (χ0v) is 13.9. The first-order chi connectivity index (χ1) is 10.1. The molecule has 0 saturated carbocycles. The normalized spacial score (nSPS) is 24.8. The van der Waals surface area contributed by atoms with Crippen LogP contribution in [0.3, 0.4) is 0 Å². The molecule has 0 radical (unpaired) electrons. The topological polar surface area (TPSA) is 42.3 Å². The van der Waals surface area contributed by atoms with Crippen molar-refractivity contribution in [3.8, 4) is 6.07 Å². The van der Waals surface area contributed by atoms with Gasteiger partial charge in [-0.1, -0.05) is 6.92 Å². The molecule has 0 aliphatic carbocycles. The van der Waals surface area contributed by atoms with Crippen LogP contribution in [-0.4, -0.2) is 61.2 Å². The van der Waals surface area contributed by atoms with Crippen LogP contribution in [0, 0.1) is 17.2 Å². The van der Waals surface area contributed by atoms with Crippen LogP contribution in [0.5, 0.6) is 0 Å². The molecule has 0 aromatic carbocycles. The van der Waals surface area contributed by atoms with E-state index in [-0.39, 0.29) is 5.54 Å². The molecule has 2 fully saturated rings. The Morgan fingerprint density at radius 2 is 1.81 bits per heavy atom. The summed E-state index contributed by atoms with van der Waals surface area (Å²) in [6.45, 7) is 12.4. The number of hydrogen-bond donors (Lipinski definition) is 1. The highest BCUT2D eigenvalue weighted by Gasteiger charge is 2.26. The third-order valence-corrected chi connectivity index (χ3v) is 5.16. The van der Waals surface area contributed by atoms with E-state index in [4.69, 9.17) is 0 Å². The Labute approximate surface area is 130 Å². The summed E-state index contributed by atoms with van der Waals surface area (Å²) in [5.74, 6) is 0.899. The van der Waals surface area contributed by atoms with E-state index < -0.39 is 0 Å². The van der Waals surface area contributed by atoms with Gasteiger partial charge in [-0.05, 0) is 77.7 Å². The summed E-state index contributed by atoms with van der Waals surface area (Å²) in [6.07, 6.45) is 6.39. The van der Waals surface area contributed by atoms with Gasteiger partial charge in [0, 0.05) is 13.1 Å². The summed E-state index contributed by atoms with van der Waals surface area (Å²) in [5, 5.41) is 12.6. The highest BCUT2D eigenvalue weighted by atomic mass is 15.2. The van der Waals surface area contributed by atoms with Crippen molar-refractivity contribution in [2.75, 3.05) is 45.8 Å². The largest absolute Gasteiger partial charge is 0.303 e. The molecular weight excluding hydrogens is 260 g/mol. The van der Waals surface area contributed by atoms with Crippen LogP contribution in [0.2, 0.25) is 0 Å². The Kier molecular flexibility index (Phi) is 6.47. The molecule has 0 spiro atoms. The van der Waals surface area contributed by atoms with E-state index in [1.54, 1.807) is 0 Å². The first-order valence-electron chi connectivity index (χ1n) is 8.76. The minimum atomic E-state index is -0.360. The molecule has 0 aromatic rings. The van der Waals surface area contributed by atoms with E-state index in [0.717, 1.165) is 25.4 Å². The second-order valence-corrected chi connectivity index (χ2v) is 7.02. The first-order valence-corrected chi connectivity index (χ1v) is 8.76. The molecule has 2 saturated heterocycles. The third-order valence-electron chi connectivity index (χ3n) is 5.16. The first kappa shape index (κ1) is 16.7. The van der Waals surface area contributed by atoms with Gasteiger partial charge in [-0.15, -0.1) is 0 Å². The summed E-state index contributed by atoms with van der Waals surface area (Å²) < 4.78 is 0. The average Bonchev–Trinajstić information content (AvgIpc) is 3.00. The molecule has 0 amide bonds. The van der Waals surface area contributed by atoms with Crippen molar-refractivity contribution in [3.63, 3.8) is 0 Å². The van der Waals surface area contributed by atoms with Crippen molar-refractivity contribution >= 4 is 0 Å². The molecule has 2 aliphatic heterocycles. The second kappa shape index (κ2) is 8.12. The standard InChI is InChI=1S/C17H32N4/c1-3-19-17(2,15-18)8-13-20-11-6-16(7-12-20)14-21-9-4-5-10-21/h16,19H,3-14H2,1-2H3. The van der Waals surface area contributed by atoms with Gasteiger partial charge in [0.2, 0.25) is 0 Å². The predicted molar refractivity (Wildman–Crippen MR) is 87.1 cm³/mol. The molecule has 21 heavy (non-hydrogen) atoms. The number of nitrogens with one attached hydrogen (secondary N) is 1. The SMILES string of the molecule is CCNC(C)(C#N)CCN1CCC(CN2CCCC2)CC1. The van der Waals surface area contributed by atoms with Crippen molar-refractivity contribution in [2.45, 2.75) is 51.5 Å². The number of piperidine rings is 1.